The fourth-order valence-corrected chi connectivity index (χ4v) is 2.66. The molecule has 0 radical (unpaired) electrons. The summed E-state index contributed by atoms with van der Waals surface area (Å²) in [7, 11) is 0. The summed E-state index contributed by atoms with van der Waals surface area (Å²) in [6.45, 7) is 12.1. The lowest BCUT2D eigenvalue weighted by Crippen LogP contribution is -2.33. The average Bonchev–Trinajstić information content (AvgIpc) is 3.25. The van der Waals surface area contributed by atoms with Crippen molar-refractivity contribution < 1.29 is 4.42 Å². The van der Waals surface area contributed by atoms with Crippen molar-refractivity contribution in [2.24, 2.45) is 0 Å². The molecule has 3 nitrogen and oxygen atoms in total. The van der Waals surface area contributed by atoms with Gasteiger partial charge in [0.1, 0.15) is 11.5 Å². The van der Waals surface area contributed by atoms with E-state index in [4.69, 9.17) is 4.42 Å². The highest BCUT2D eigenvalue weighted by molar-refractivity contribution is 5.21. The van der Waals surface area contributed by atoms with E-state index in [9.17, 15) is 0 Å². The number of hydrogen-bond donors (Lipinski definition) is 1. The van der Waals surface area contributed by atoms with Crippen LogP contribution in [0.1, 0.15) is 70.0 Å². The van der Waals surface area contributed by atoms with Crippen LogP contribution in [0.5, 0.6) is 0 Å². The predicted molar refractivity (Wildman–Crippen MR) is 88.4 cm³/mol. The molecule has 0 aromatic carbocycles. The first-order valence-electron chi connectivity index (χ1n) is 8.69. The summed E-state index contributed by atoms with van der Waals surface area (Å²) in [5.74, 6) is 2.18. The highest BCUT2D eigenvalue weighted by Crippen LogP contribution is 2.22. The molecule has 1 fully saturated rings. The molecule has 0 aliphatic heterocycles. The van der Waals surface area contributed by atoms with Crippen LogP contribution in [0.25, 0.3) is 0 Å². The van der Waals surface area contributed by atoms with Gasteiger partial charge in [0.05, 0.1) is 6.54 Å². The maximum absolute atomic E-state index is 5.92. The van der Waals surface area contributed by atoms with Gasteiger partial charge in [-0.2, -0.15) is 0 Å². The van der Waals surface area contributed by atoms with E-state index in [0.29, 0.717) is 6.04 Å². The van der Waals surface area contributed by atoms with Crippen molar-refractivity contribution >= 4 is 0 Å². The number of aryl methyl sites for hydroxylation is 1. The Morgan fingerprint density at radius 1 is 1.38 bits per heavy atom. The lowest BCUT2D eigenvalue weighted by molar-refractivity contribution is 0.191. The molecule has 1 aliphatic rings. The van der Waals surface area contributed by atoms with Crippen molar-refractivity contribution in [1.82, 2.24) is 10.2 Å². The van der Waals surface area contributed by atoms with Crippen LogP contribution in [-0.4, -0.2) is 23.5 Å². The number of furan rings is 1. The molecule has 1 heterocycles. The minimum Gasteiger partial charge on any atom is -0.465 e. The van der Waals surface area contributed by atoms with Crippen molar-refractivity contribution in [2.75, 3.05) is 6.54 Å². The van der Waals surface area contributed by atoms with Gasteiger partial charge < -0.3 is 9.73 Å². The number of nitrogens with one attached hydrogen (secondary N) is 1. The van der Waals surface area contributed by atoms with E-state index in [0.717, 1.165) is 30.7 Å². The maximum atomic E-state index is 5.92. The van der Waals surface area contributed by atoms with Crippen molar-refractivity contribution in [3.05, 3.63) is 23.2 Å². The molecule has 1 unspecified atom stereocenters. The van der Waals surface area contributed by atoms with E-state index in [2.05, 4.69) is 44.0 Å². The second-order valence-corrected chi connectivity index (χ2v) is 6.53. The van der Waals surface area contributed by atoms with Gasteiger partial charge in [0.25, 0.3) is 0 Å². The minimum atomic E-state index is 0.638. The zero-order valence-corrected chi connectivity index (χ0v) is 14.2. The van der Waals surface area contributed by atoms with Crippen molar-refractivity contribution in [3.8, 4) is 0 Å². The molecule has 2 rings (SSSR count). The summed E-state index contributed by atoms with van der Waals surface area (Å²) >= 11 is 0. The summed E-state index contributed by atoms with van der Waals surface area (Å²) in [6, 6.07) is 3.63. The summed E-state index contributed by atoms with van der Waals surface area (Å²) in [5, 5.41) is 3.53. The maximum Gasteiger partial charge on any atom is 0.118 e. The summed E-state index contributed by atoms with van der Waals surface area (Å²) in [6.07, 6.45) is 6.39. The van der Waals surface area contributed by atoms with Crippen LogP contribution < -0.4 is 5.32 Å². The fraction of sp³-hybridized carbons (Fsp3) is 0.778. The van der Waals surface area contributed by atoms with Gasteiger partial charge in [0.2, 0.25) is 0 Å². The molecule has 1 N–H and O–H groups in total. The molecule has 0 saturated heterocycles. The van der Waals surface area contributed by atoms with Crippen LogP contribution in [-0.2, 0) is 13.1 Å². The molecule has 1 aromatic rings. The standard InChI is InChI=1S/C18H32N2O/c1-5-7-10-20(14(3)6-2)13-16-11-18(21-15(16)4)12-19-17-8-9-17/h11,14,17,19H,5-10,12-13H2,1-4H3. The van der Waals surface area contributed by atoms with E-state index < -0.39 is 0 Å². The Bertz CT molecular complexity index is 423. The third-order valence-electron chi connectivity index (χ3n) is 4.60. The second-order valence-electron chi connectivity index (χ2n) is 6.53. The van der Waals surface area contributed by atoms with Gasteiger partial charge >= 0.3 is 0 Å². The van der Waals surface area contributed by atoms with Crippen molar-refractivity contribution in [1.29, 1.82) is 0 Å². The lowest BCUT2D eigenvalue weighted by atomic mass is 10.1. The molecule has 1 atom stereocenters. The van der Waals surface area contributed by atoms with Crippen LogP contribution in [0.15, 0.2) is 10.5 Å². The smallest absolute Gasteiger partial charge is 0.118 e. The zero-order chi connectivity index (χ0) is 15.2. The van der Waals surface area contributed by atoms with E-state index in [1.165, 1.54) is 44.2 Å². The molecular formula is C18H32N2O. The Morgan fingerprint density at radius 2 is 2.14 bits per heavy atom. The van der Waals surface area contributed by atoms with E-state index in [-0.39, 0.29) is 0 Å². The molecule has 120 valence electrons. The van der Waals surface area contributed by atoms with Crippen molar-refractivity contribution in [3.63, 3.8) is 0 Å². The Balaban J connectivity index is 1.94. The quantitative estimate of drug-likeness (QED) is 0.699. The van der Waals surface area contributed by atoms with E-state index >= 15 is 0 Å². The monoisotopic (exact) mass is 292 g/mol. The van der Waals surface area contributed by atoms with E-state index in [1.54, 1.807) is 0 Å². The highest BCUT2D eigenvalue weighted by atomic mass is 16.3. The molecule has 1 aliphatic carbocycles. The average molecular weight is 292 g/mol. The van der Waals surface area contributed by atoms with Crippen LogP contribution >= 0.6 is 0 Å². The summed E-state index contributed by atoms with van der Waals surface area (Å²) in [4.78, 5) is 2.60. The minimum absolute atomic E-state index is 0.638. The number of unbranched alkanes of at least 4 members (excludes halogenated alkanes) is 1. The molecule has 21 heavy (non-hydrogen) atoms. The van der Waals surface area contributed by atoms with Gasteiger partial charge in [-0.05, 0) is 52.1 Å². The highest BCUT2D eigenvalue weighted by Gasteiger charge is 2.21. The molecule has 3 heteroatoms. The molecule has 1 saturated carbocycles. The zero-order valence-electron chi connectivity index (χ0n) is 14.2. The Labute approximate surface area is 130 Å². The van der Waals surface area contributed by atoms with Gasteiger partial charge in [-0.15, -0.1) is 0 Å². The van der Waals surface area contributed by atoms with Crippen molar-refractivity contribution in [2.45, 2.75) is 85.0 Å². The fourth-order valence-electron chi connectivity index (χ4n) is 2.66. The summed E-state index contributed by atoms with van der Waals surface area (Å²) in [5.41, 5.74) is 1.36. The van der Waals surface area contributed by atoms with E-state index in [1.807, 2.05) is 0 Å². The topological polar surface area (TPSA) is 28.4 Å². The Morgan fingerprint density at radius 3 is 2.76 bits per heavy atom. The van der Waals surface area contributed by atoms with Gasteiger partial charge in [-0.25, -0.2) is 0 Å². The first kappa shape index (κ1) is 16.6. The SMILES string of the molecule is CCCCN(Cc1cc(CNC2CC2)oc1C)C(C)CC. The Hall–Kier alpha value is -0.800. The largest absolute Gasteiger partial charge is 0.465 e. The first-order valence-corrected chi connectivity index (χ1v) is 8.69. The molecule has 1 aromatic heterocycles. The lowest BCUT2D eigenvalue weighted by Gasteiger charge is -2.28. The molecule has 0 spiro atoms. The predicted octanol–water partition coefficient (Wildman–Crippen LogP) is 4.24. The molecule has 0 bridgehead atoms. The molecule has 0 amide bonds. The number of rotatable bonds is 10. The second kappa shape index (κ2) is 8.00. The third-order valence-corrected chi connectivity index (χ3v) is 4.60. The first-order chi connectivity index (χ1) is 10.1. The number of hydrogen-bond acceptors (Lipinski definition) is 3. The third kappa shape index (κ3) is 5.15. The van der Waals surface area contributed by atoms with Gasteiger partial charge in [0.15, 0.2) is 0 Å². The van der Waals surface area contributed by atoms with Crippen LogP contribution in [0.2, 0.25) is 0 Å². The summed E-state index contributed by atoms with van der Waals surface area (Å²) < 4.78 is 5.92. The van der Waals surface area contributed by atoms with Gasteiger partial charge in [-0.3, -0.25) is 4.90 Å². The van der Waals surface area contributed by atoms with Gasteiger partial charge in [-0.1, -0.05) is 20.3 Å². The van der Waals surface area contributed by atoms with Crippen LogP contribution in [0, 0.1) is 6.92 Å². The normalized spacial score (nSPS) is 16.6. The van der Waals surface area contributed by atoms with Crippen LogP contribution in [0.4, 0.5) is 0 Å². The number of nitrogens with zero attached hydrogens (tertiary/aromatic N) is 1. The van der Waals surface area contributed by atoms with Crippen LogP contribution in [0.3, 0.4) is 0 Å². The van der Waals surface area contributed by atoms with Gasteiger partial charge in [0, 0.05) is 24.2 Å². The Kier molecular flexibility index (Phi) is 6.31. The molecular weight excluding hydrogens is 260 g/mol.